The largest absolute Gasteiger partial charge is 0.507 e. The lowest BCUT2D eigenvalue weighted by atomic mass is 9.95. The van der Waals surface area contributed by atoms with Gasteiger partial charge in [-0.2, -0.15) is 0 Å². The fraction of sp³-hybridized carbons (Fsp3) is 0.333. The Hall–Kier alpha value is -2.80. The van der Waals surface area contributed by atoms with E-state index < -0.39 is 24.4 Å². The molecule has 33 heavy (non-hydrogen) atoms. The summed E-state index contributed by atoms with van der Waals surface area (Å²) in [5, 5.41) is 14.9. The summed E-state index contributed by atoms with van der Waals surface area (Å²) >= 11 is 4.98. The minimum Gasteiger partial charge on any atom is -0.466 e. The predicted octanol–water partition coefficient (Wildman–Crippen LogP) is 2.78. The Morgan fingerprint density at radius 1 is 1.39 bits per heavy atom. The summed E-state index contributed by atoms with van der Waals surface area (Å²) in [5.41, 5.74) is 1.64. The number of carbonyl (C=O) groups excluding carboxylic acids is 1. The summed E-state index contributed by atoms with van der Waals surface area (Å²) in [4.78, 5) is 35.1. The molecule has 0 aliphatic carbocycles. The van der Waals surface area contributed by atoms with Gasteiger partial charge in [0.2, 0.25) is 0 Å². The Balaban J connectivity index is 1.78. The predicted molar refractivity (Wildman–Crippen MR) is 123 cm³/mol. The Morgan fingerprint density at radius 3 is 2.91 bits per heavy atom. The molecule has 2 aliphatic heterocycles. The van der Waals surface area contributed by atoms with Crippen molar-refractivity contribution < 1.29 is 28.9 Å². The quantitative estimate of drug-likeness (QED) is 0.536. The first-order valence-electron chi connectivity index (χ1n) is 9.99. The van der Waals surface area contributed by atoms with Crippen LogP contribution >= 0.6 is 27.3 Å². The fourth-order valence-electron chi connectivity index (χ4n) is 3.67. The highest BCUT2D eigenvalue weighted by molar-refractivity contribution is 9.10. The number of ether oxygens (including phenoxy) is 3. The molecule has 3 heterocycles. The van der Waals surface area contributed by atoms with E-state index in [0.717, 1.165) is 10.0 Å². The van der Waals surface area contributed by atoms with Crippen molar-refractivity contribution in [3.05, 3.63) is 62.2 Å². The van der Waals surface area contributed by atoms with E-state index in [0.29, 0.717) is 35.3 Å². The summed E-state index contributed by atoms with van der Waals surface area (Å²) < 4.78 is 16.3. The number of carbonyl (C=O) groups is 2. The van der Waals surface area contributed by atoms with Crippen molar-refractivity contribution in [2.24, 2.45) is 4.99 Å². The van der Waals surface area contributed by atoms with Gasteiger partial charge >= 0.3 is 12.1 Å². The first kappa shape index (κ1) is 23.4. The molecule has 1 aromatic heterocycles. The van der Waals surface area contributed by atoms with Crippen molar-refractivity contribution in [3.63, 3.8) is 0 Å². The van der Waals surface area contributed by atoms with E-state index in [1.54, 1.807) is 11.1 Å². The standard InChI is InChI=1S/C21H21BrN4O6S/c1-30-20(27)16-14(10-26-7-8-31-11-15(26)32-21(28)29)24-18(19-23-6-9-33-19)25-17(16)12-4-2-3-5-13(12)22/h2-6,9,15,17H,7-8,10-11H2,1H3,(H,24,25)(H,28,29)/t15-,17-/m0/s1. The van der Waals surface area contributed by atoms with E-state index in [1.165, 1.54) is 18.4 Å². The first-order chi connectivity index (χ1) is 16.0. The van der Waals surface area contributed by atoms with Crippen LogP contribution in [0.25, 0.3) is 0 Å². The third-order valence-corrected chi connectivity index (χ3v) is 6.66. The summed E-state index contributed by atoms with van der Waals surface area (Å²) in [5.74, 6) is -0.0264. The zero-order valence-electron chi connectivity index (χ0n) is 17.6. The number of benzene rings is 1. The number of thiazole rings is 1. The first-order valence-corrected chi connectivity index (χ1v) is 11.7. The average molecular weight is 537 g/mol. The van der Waals surface area contributed by atoms with Crippen LogP contribution in [0, 0.1) is 0 Å². The number of rotatable bonds is 6. The number of aromatic nitrogens is 1. The third-order valence-electron chi connectivity index (χ3n) is 5.15. The second-order valence-corrected chi connectivity index (χ2v) is 8.88. The third kappa shape index (κ3) is 5.24. The monoisotopic (exact) mass is 536 g/mol. The van der Waals surface area contributed by atoms with Crippen LogP contribution in [-0.2, 0) is 19.0 Å². The van der Waals surface area contributed by atoms with Gasteiger partial charge in [0, 0.05) is 34.8 Å². The maximum absolute atomic E-state index is 13.0. The maximum Gasteiger partial charge on any atom is 0.507 e. The van der Waals surface area contributed by atoms with Gasteiger partial charge in [-0.05, 0) is 11.6 Å². The van der Waals surface area contributed by atoms with Crippen LogP contribution in [-0.4, -0.2) is 72.6 Å². The van der Waals surface area contributed by atoms with Gasteiger partial charge in [-0.25, -0.2) is 14.6 Å². The summed E-state index contributed by atoms with van der Waals surface area (Å²) in [6.45, 7) is 1.10. The van der Waals surface area contributed by atoms with Gasteiger partial charge in [0.05, 0.1) is 25.9 Å². The number of hydrogen-bond donors (Lipinski definition) is 2. The number of halogens is 1. The zero-order chi connectivity index (χ0) is 23.4. The van der Waals surface area contributed by atoms with Crippen LogP contribution in [0.5, 0.6) is 0 Å². The number of amidine groups is 1. The van der Waals surface area contributed by atoms with Gasteiger partial charge in [-0.3, -0.25) is 9.89 Å². The number of aliphatic imine (C=N–C) groups is 1. The Bertz CT molecular complexity index is 1090. The van der Waals surface area contributed by atoms with E-state index >= 15 is 0 Å². The number of esters is 1. The smallest absolute Gasteiger partial charge is 0.466 e. The minimum atomic E-state index is -1.40. The van der Waals surface area contributed by atoms with Crippen LogP contribution in [0.15, 0.2) is 56.6 Å². The van der Waals surface area contributed by atoms with Crippen LogP contribution in [0.2, 0.25) is 0 Å². The highest BCUT2D eigenvalue weighted by Gasteiger charge is 2.36. The number of nitrogens with zero attached hydrogens (tertiary/aromatic N) is 3. The van der Waals surface area contributed by atoms with Crippen LogP contribution < -0.4 is 5.32 Å². The summed E-state index contributed by atoms with van der Waals surface area (Å²) in [6.07, 6.45) is -0.533. The molecule has 0 unspecified atom stereocenters. The molecule has 0 saturated carbocycles. The molecule has 4 rings (SSSR count). The number of hydrogen-bond acceptors (Lipinski definition) is 10. The average Bonchev–Trinajstić information content (AvgIpc) is 3.34. The molecule has 2 aliphatic rings. The number of methoxy groups -OCH3 is 1. The highest BCUT2D eigenvalue weighted by Crippen LogP contribution is 2.36. The molecule has 2 aromatic rings. The zero-order valence-corrected chi connectivity index (χ0v) is 20.0. The molecule has 10 nitrogen and oxygen atoms in total. The fourth-order valence-corrected chi connectivity index (χ4v) is 4.76. The van der Waals surface area contributed by atoms with Gasteiger partial charge in [0.1, 0.15) is 6.04 Å². The molecular formula is C21H21BrN4O6S. The van der Waals surface area contributed by atoms with Crippen molar-refractivity contribution in [1.29, 1.82) is 0 Å². The van der Waals surface area contributed by atoms with Crippen molar-refractivity contribution in [2.45, 2.75) is 12.3 Å². The molecule has 1 fully saturated rings. The van der Waals surface area contributed by atoms with E-state index in [2.05, 4.69) is 26.2 Å². The van der Waals surface area contributed by atoms with E-state index in [1.807, 2.05) is 29.6 Å². The Morgan fingerprint density at radius 2 is 2.21 bits per heavy atom. The lowest BCUT2D eigenvalue weighted by Gasteiger charge is -2.36. The second-order valence-electron chi connectivity index (χ2n) is 7.13. The van der Waals surface area contributed by atoms with E-state index in [-0.39, 0.29) is 13.2 Å². The van der Waals surface area contributed by atoms with Gasteiger partial charge in [0.15, 0.2) is 17.1 Å². The summed E-state index contributed by atoms with van der Waals surface area (Å²) in [7, 11) is 1.31. The highest BCUT2D eigenvalue weighted by atomic mass is 79.9. The summed E-state index contributed by atoms with van der Waals surface area (Å²) in [6, 6.07) is 6.85. The van der Waals surface area contributed by atoms with Crippen LogP contribution in [0.1, 0.15) is 16.6 Å². The Kier molecular flexibility index (Phi) is 7.38. The minimum absolute atomic E-state index is 0.0915. The Labute approximate surface area is 202 Å². The van der Waals surface area contributed by atoms with Crippen molar-refractivity contribution in [2.75, 3.05) is 33.4 Å². The molecule has 0 spiro atoms. The van der Waals surface area contributed by atoms with Crippen molar-refractivity contribution in [3.8, 4) is 0 Å². The van der Waals surface area contributed by atoms with E-state index in [9.17, 15) is 9.59 Å². The lowest BCUT2D eigenvalue weighted by molar-refractivity contribution is -0.136. The molecule has 0 bridgehead atoms. The van der Waals surface area contributed by atoms with Crippen LogP contribution in [0.4, 0.5) is 4.79 Å². The molecule has 0 amide bonds. The SMILES string of the molecule is COC(=O)C1=C(CN2CCOC[C@@H]2OC(=O)O)NC(c2nccs2)=N[C@H]1c1ccccc1Br. The topological polar surface area (TPSA) is 123 Å². The van der Waals surface area contributed by atoms with Gasteiger partial charge in [0.25, 0.3) is 0 Å². The molecule has 0 radical (unpaired) electrons. The molecule has 2 atom stereocenters. The molecule has 1 aromatic carbocycles. The van der Waals surface area contributed by atoms with Crippen molar-refractivity contribution >= 4 is 45.2 Å². The van der Waals surface area contributed by atoms with E-state index in [4.69, 9.17) is 24.3 Å². The van der Waals surface area contributed by atoms with Crippen molar-refractivity contribution in [1.82, 2.24) is 15.2 Å². The maximum atomic E-state index is 13.0. The molecular weight excluding hydrogens is 516 g/mol. The van der Waals surface area contributed by atoms with Gasteiger partial charge in [-0.15, -0.1) is 11.3 Å². The second kappa shape index (κ2) is 10.4. The normalized spacial score (nSPS) is 21.2. The molecule has 12 heteroatoms. The molecule has 1 saturated heterocycles. The number of morpholine rings is 1. The molecule has 2 N–H and O–H groups in total. The molecule has 174 valence electrons. The van der Waals surface area contributed by atoms with Gasteiger partial charge < -0.3 is 24.6 Å². The lowest BCUT2D eigenvalue weighted by Crippen LogP contribution is -2.50. The van der Waals surface area contributed by atoms with Crippen LogP contribution in [0.3, 0.4) is 0 Å². The number of nitrogens with one attached hydrogen (secondary N) is 1. The number of carboxylic acid groups (broad SMARTS) is 1. The van der Waals surface area contributed by atoms with Gasteiger partial charge in [-0.1, -0.05) is 34.1 Å².